The fourth-order valence-corrected chi connectivity index (χ4v) is 12.7. The maximum absolute atomic E-state index is 5.22. The zero-order chi connectivity index (χ0) is 44.7. The zero-order valence-corrected chi connectivity index (χ0v) is 38.2. The van der Waals surface area contributed by atoms with E-state index in [1.165, 1.54) is 89.4 Å². The lowest BCUT2D eigenvalue weighted by Crippen LogP contribution is -2.00. The van der Waals surface area contributed by atoms with Gasteiger partial charge in [-0.3, -0.25) is 0 Å². The van der Waals surface area contributed by atoms with Crippen LogP contribution in [0, 0.1) is 0 Å². The lowest BCUT2D eigenvalue weighted by atomic mass is 9.89. The Bertz CT molecular complexity index is 4120. The summed E-state index contributed by atoms with van der Waals surface area (Å²) in [5, 5.41) is 12.6. The van der Waals surface area contributed by atoms with Crippen molar-refractivity contribution in [2.75, 3.05) is 0 Å². The third-order valence-electron chi connectivity index (χ3n) is 13.6. The molecule has 68 heavy (non-hydrogen) atoms. The van der Waals surface area contributed by atoms with Crippen LogP contribution in [0.15, 0.2) is 224 Å². The van der Waals surface area contributed by atoms with E-state index in [4.69, 9.17) is 15.0 Å². The van der Waals surface area contributed by atoms with Crippen molar-refractivity contribution in [1.29, 1.82) is 0 Å². The molecule has 0 unspecified atom stereocenters. The Kier molecular flexibility index (Phi) is 8.94. The molecule has 14 rings (SSSR count). The molecule has 0 atom stereocenters. The van der Waals surface area contributed by atoms with Gasteiger partial charge >= 0.3 is 0 Å². The van der Waals surface area contributed by atoms with Crippen molar-refractivity contribution >= 4 is 95.3 Å². The van der Waals surface area contributed by atoms with E-state index < -0.39 is 0 Å². The summed E-state index contributed by atoms with van der Waals surface area (Å²) in [5.41, 5.74) is 9.94. The first-order valence-corrected chi connectivity index (χ1v) is 24.5. The number of benzene rings is 11. The van der Waals surface area contributed by atoms with Crippen LogP contribution in [0.5, 0.6) is 0 Å². The lowest BCUT2D eigenvalue weighted by molar-refractivity contribution is 1.07. The van der Waals surface area contributed by atoms with Gasteiger partial charge in [-0.2, -0.15) is 0 Å². The molecule has 0 aliphatic heterocycles. The van der Waals surface area contributed by atoms with Gasteiger partial charge < -0.3 is 0 Å². The molecule has 0 amide bonds. The highest BCUT2D eigenvalue weighted by Gasteiger charge is 2.18. The molecule has 3 heterocycles. The van der Waals surface area contributed by atoms with Gasteiger partial charge in [0.05, 0.1) is 0 Å². The molecular formula is C63H37N3S2. The summed E-state index contributed by atoms with van der Waals surface area (Å²) in [6.45, 7) is 0. The zero-order valence-electron chi connectivity index (χ0n) is 36.5. The van der Waals surface area contributed by atoms with Crippen molar-refractivity contribution in [3.05, 3.63) is 224 Å². The summed E-state index contributed by atoms with van der Waals surface area (Å²) in [4.78, 5) is 15.6. The van der Waals surface area contributed by atoms with Crippen LogP contribution >= 0.6 is 22.7 Å². The summed E-state index contributed by atoms with van der Waals surface area (Å²) in [6.07, 6.45) is 0. The van der Waals surface area contributed by atoms with E-state index in [1.54, 1.807) is 0 Å². The van der Waals surface area contributed by atoms with Crippen LogP contribution in [0.3, 0.4) is 0 Å². The van der Waals surface area contributed by atoms with Crippen molar-refractivity contribution in [3.63, 3.8) is 0 Å². The molecule has 3 nitrogen and oxygen atoms in total. The van der Waals surface area contributed by atoms with Crippen LogP contribution in [0.4, 0.5) is 0 Å². The predicted octanol–water partition coefficient (Wildman–Crippen LogP) is 18.1. The fraction of sp³-hybridized carbons (Fsp3) is 0. The average molecular weight is 900 g/mol. The van der Waals surface area contributed by atoms with Gasteiger partial charge in [0.1, 0.15) is 0 Å². The van der Waals surface area contributed by atoms with E-state index in [0.29, 0.717) is 17.5 Å². The molecule has 0 saturated heterocycles. The van der Waals surface area contributed by atoms with E-state index in [1.807, 2.05) is 22.7 Å². The second-order valence-corrected chi connectivity index (χ2v) is 19.6. The minimum atomic E-state index is 0.628. The van der Waals surface area contributed by atoms with E-state index in [0.717, 1.165) is 33.4 Å². The van der Waals surface area contributed by atoms with Crippen molar-refractivity contribution in [2.24, 2.45) is 0 Å². The molecule has 5 heteroatoms. The van der Waals surface area contributed by atoms with E-state index >= 15 is 0 Å². The second kappa shape index (κ2) is 15.6. The van der Waals surface area contributed by atoms with Crippen molar-refractivity contribution in [1.82, 2.24) is 15.0 Å². The van der Waals surface area contributed by atoms with Crippen LogP contribution in [-0.4, -0.2) is 15.0 Å². The van der Waals surface area contributed by atoms with E-state index in [-0.39, 0.29) is 0 Å². The van der Waals surface area contributed by atoms with Gasteiger partial charge in [0.15, 0.2) is 17.5 Å². The first kappa shape index (κ1) is 38.9. The van der Waals surface area contributed by atoms with Crippen LogP contribution in [-0.2, 0) is 0 Å². The molecule has 0 N–H and O–H groups in total. The van der Waals surface area contributed by atoms with Gasteiger partial charge in [-0.05, 0) is 83.9 Å². The van der Waals surface area contributed by atoms with Crippen molar-refractivity contribution < 1.29 is 0 Å². The molecule has 0 spiro atoms. The van der Waals surface area contributed by atoms with E-state index in [9.17, 15) is 0 Å². The van der Waals surface area contributed by atoms with Crippen LogP contribution in [0.2, 0.25) is 0 Å². The molecule has 11 aromatic carbocycles. The summed E-state index contributed by atoms with van der Waals surface area (Å²) in [6, 6.07) is 81.0. The van der Waals surface area contributed by atoms with Gasteiger partial charge in [-0.15, -0.1) is 22.7 Å². The monoisotopic (exact) mass is 899 g/mol. The lowest BCUT2D eigenvalue weighted by Gasteiger charge is -2.14. The highest BCUT2D eigenvalue weighted by atomic mass is 32.1. The summed E-state index contributed by atoms with van der Waals surface area (Å²) in [7, 11) is 0. The second-order valence-electron chi connectivity index (χ2n) is 17.5. The first-order valence-electron chi connectivity index (χ1n) is 22.9. The number of aromatic nitrogens is 3. The Labute approximate surface area is 399 Å². The first-order chi connectivity index (χ1) is 33.7. The van der Waals surface area contributed by atoms with Gasteiger partial charge in [-0.1, -0.05) is 206 Å². The molecule has 0 aliphatic carbocycles. The molecule has 316 valence electrons. The predicted molar refractivity (Wildman–Crippen MR) is 291 cm³/mol. The smallest absolute Gasteiger partial charge is 0.164 e. The fourth-order valence-electron chi connectivity index (χ4n) is 10.2. The number of hydrogen-bond donors (Lipinski definition) is 0. The van der Waals surface area contributed by atoms with Gasteiger partial charge in [0.2, 0.25) is 0 Å². The molecule has 0 bridgehead atoms. The third kappa shape index (κ3) is 6.35. The highest BCUT2D eigenvalue weighted by molar-refractivity contribution is 7.26. The topological polar surface area (TPSA) is 38.7 Å². The van der Waals surface area contributed by atoms with Crippen LogP contribution in [0.1, 0.15) is 0 Å². The Balaban J connectivity index is 0.884. The Morgan fingerprint density at radius 2 is 0.662 bits per heavy atom. The molecular weight excluding hydrogens is 863 g/mol. The molecule has 0 fully saturated rings. The van der Waals surface area contributed by atoms with Gasteiger partial charge in [0.25, 0.3) is 0 Å². The number of rotatable bonds is 6. The quantitative estimate of drug-likeness (QED) is 0.123. The third-order valence-corrected chi connectivity index (χ3v) is 16.0. The van der Waals surface area contributed by atoms with Crippen LogP contribution < -0.4 is 0 Å². The Hall–Kier alpha value is -8.35. The van der Waals surface area contributed by atoms with Gasteiger partial charge in [0, 0.05) is 57.0 Å². The Morgan fingerprint density at radius 3 is 1.19 bits per heavy atom. The van der Waals surface area contributed by atoms with Gasteiger partial charge in [-0.25, -0.2) is 15.0 Å². The maximum atomic E-state index is 5.22. The molecule has 0 aliphatic rings. The van der Waals surface area contributed by atoms with Crippen LogP contribution in [0.25, 0.3) is 140 Å². The number of thiophene rings is 2. The molecule has 14 aromatic rings. The molecule has 0 radical (unpaired) electrons. The standard InChI is InChI=1S/C63H37N3S2/c1-3-13-46-38(11-1)35-36-52-55(46)37-45-12-2-4-14-47(45)58(52)41-27-33-44(34-28-41)63-65-61(42-29-23-39(24-30-42)48-17-9-19-53-50-15-5-7-21-56(50)67-59(48)53)64-62(66-63)43-31-25-40(26-32-43)49-18-10-20-54-51-16-6-8-22-57(51)68-60(49)54/h1-37H. The number of nitrogens with zero attached hydrogens (tertiary/aromatic N) is 3. The maximum Gasteiger partial charge on any atom is 0.164 e. The number of hydrogen-bond acceptors (Lipinski definition) is 5. The summed E-state index contributed by atoms with van der Waals surface area (Å²) < 4.78 is 5.20. The number of fused-ring (bicyclic) bond motifs is 10. The largest absolute Gasteiger partial charge is 0.208 e. The van der Waals surface area contributed by atoms with Crippen molar-refractivity contribution in [3.8, 4) is 67.5 Å². The minimum absolute atomic E-state index is 0.628. The summed E-state index contributed by atoms with van der Waals surface area (Å²) >= 11 is 3.70. The molecule has 0 saturated carbocycles. The van der Waals surface area contributed by atoms with E-state index in [2.05, 4.69) is 224 Å². The normalized spacial score (nSPS) is 11.8. The minimum Gasteiger partial charge on any atom is -0.208 e. The molecule has 3 aromatic heterocycles. The summed E-state index contributed by atoms with van der Waals surface area (Å²) in [5.74, 6) is 1.89. The average Bonchev–Trinajstić information content (AvgIpc) is 3.99. The SMILES string of the molecule is c1ccc2c(-c3ccc(-c4nc(-c5ccc(-c6cccc7c6sc6ccccc67)cc5)nc(-c5ccc(-c6cccc7c6sc6ccccc67)cc5)n4)cc3)c3ccc4ccccc4c3cc2c1. The Morgan fingerprint density at radius 1 is 0.250 bits per heavy atom. The van der Waals surface area contributed by atoms with Crippen molar-refractivity contribution in [2.45, 2.75) is 0 Å². The highest BCUT2D eigenvalue weighted by Crippen LogP contribution is 2.43.